The summed E-state index contributed by atoms with van der Waals surface area (Å²) in [4.78, 5) is 29.6. The minimum atomic E-state index is -0.297. The van der Waals surface area contributed by atoms with Crippen LogP contribution in [0.15, 0.2) is 34.2 Å². The van der Waals surface area contributed by atoms with Crippen LogP contribution in [0.3, 0.4) is 0 Å². The Morgan fingerprint density at radius 2 is 2.12 bits per heavy atom. The molecule has 5 nitrogen and oxygen atoms in total. The molecule has 1 atom stereocenters. The van der Waals surface area contributed by atoms with E-state index in [0.717, 1.165) is 41.2 Å². The van der Waals surface area contributed by atoms with E-state index in [9.17, 15) is 14.0 Å². The van der Waals surface area contributed by atoms with Crippen molar-refractivity contribution in [2.75, 3.05) is 5.75 Å². The predicted molar refractivity (Wildman–Crippen MR) is 93.1 cm³/mol. The third-order valence-corrected chi connectivity index (χ3v) is 5.79. The van der Waals surface area contributed by atoms with E-state index in [-0.39, 0.29) is 29.7 Å². The van der Waals surface area contributed by atoms with Gasteiger partial charge in [0.1, 0.15) is 5.82 Å². The molecule has 4 rings (SSSR count). The lowest BCUT2D eigenvalue weighted by molar-refractivity contribution is -0.121. The number of thioether (sulfide) groups is 1. The van der Waals surface area contributed by atoms with Crippen LogP contribution in [0.5, 0.6) is 0 Å². The summed E-state index contributed by atoms with van der Waals surface area (Å²) < 4.78 is 14.6. The van der Waals surface area contributed by atoms with E-state index in [0.29, 0.717) is 12.3 Å². The SMILES string of the molecule is O=C(CC1CSc2nc3c(c(=O)n21)CCC3)NCc1ccc(F)cc1. The van der Waals surface area contributed by atoms with Crippen LogP contribution in [0.25, 0.3) is 0 Å². The predicted octanol–water partition coefficient (Wildman–Crippen LogP) is 2.22. The molecule has 7 heteroatoms. The number of aryl methyl sites for hydroxylation is 1. The van der Waals surface area contributed by atoms with Crippen molar-refractivity contribution >= 4 is 17.7 Å². The van der Waals surface area contributed by atoms with Crippen LogP contribution in [-0.4, -0.2) is 21.2 Å². The maximum absolute atomic E-state index is 12.9. The highest BCUT2D eigenvalue weighted by atomic mass is 32.2. The number of hydrogen-bond acceptors (Lipinski definition) is 4. The number of halogens is 1. The fourth-order valence-electron chi connectivity index (χ4n) is 3.39. The average molecular weight is 359 g/mol. The average Bonchev–Trinajstić information content (AvgIpc) is 3.22. The summed E-state index contributed by atoms with van der Waals surface area (Å²) >= 11 is 1.54. The fourth-order valence-corrected chi connectivity index (χ4v) is 4.55. The molecule has 1 amide bonds. The molecule has 0 bridgehead atoms. The Morgan fingerprint density at radius 3 is 2.92 bits per heavy atom. The number of nitrogens with one attached hydrogen (secondary N) is 1. The highest BCUT2D eigenvalue weighted by Gasteiger charge is 2.30. The van der Waals surface area contributed by atoms with Gasteiger partial charge in [-0.25, -0.2) is 9.37 Å². The van der Waals surface area contributed by atoms with Crippen molar-refractivity contribution in [2.24, 2.45) is 0 Å². The molecule has 1 unspecified atom stereocenters. The largest absolute Gasteiger partial charge is 0.352 e. The van der Waals surface area contributed by atoms with Gasteiger partial charge in [-0.05, 0) is 37.0 Å². The number of amides is 1. The molecule has 0 saturated carbocycles. The van der Waals surface area contributed by atoms with Gasteiger partial charge in [-0.3, -0.25) is 14.2 Å². The fraction of sp³-hybridized carbons (Fsp3) is 0.389. The van der Waals surface area contributed by atoms with Crippen molar-refractivity contribution in [3.05, 3.63) is 57.3 Å². The molecular weight excluding hydrogens is 341 g/mol. The molecule has 1 N–H and O–H groups in total. The van der Waals surface area contributed by atoms with Gasteiger partial charge < -0.3 is 5.32 Å². The van der Waals surface area contributed by atoms with Crippen molar-refractivity contribution in [1.82, 2.24) is 14.9 Å². The lowest BCUT2D eigenvalue weighted by Gasteiger charge is -2.14. The Bertz CT molecular complexity index is 879. The number of carbonyl (C=O) groups excluding carboxylic acids is 1. The molecule has 1 aliphatic heterocycles. The van der Waals surface area contributed by atoms with Gasteiger partial charge >= 0.3 is 0 Å². The van der Waals surface area contributed by atoms with E-state index in [4.69, 9.17) is 0 Å². The van der Waals surface area contributed by atoms with Gasteiger partial charge in [0.2, 0.25) is 5.91 Å². The van der Waals surface area contributed by atoms with Gasteiger partial charge in [0.25, 0.3) is 5.56 Å². The summed E-state index contributed by atoms with van der Waals surface area (Å²) in [6.07, 6.45) is 2.90. The number of hydrogen-bond donors (Lipinski definition) is 1. The first-order valence-corrected chi connectivity index (χ1v) is 9.38. The molecule has 1 aliphatic carbocycles. The Labute approximate surface area is 148 Å². The second-order valence-corrected chi connectivity index (χ2v) is 7.41. The third kappa shape index (κ3) is 3.20. The molecule has 2 aromatic rings. The van der Waals surface area contributed by atoms with Crippen LogP contribution in [0, 0.1) is 5.82 Å². The smallest absolute Gasteiger partial charge is 0.257 e. The number of nitrogens with zero attached hydrogens (tertiary/aromatic N) is 2. The van der Waals surface area contributed by atoms with Crippen LogP contribution in [0.4, 0.5) is 4.39 Å². The van der Waals surface area contributed by atoms with Crippen LogP contribution in [0.1, 0.15) is 35.7 Å². The van der Waals surface area contributed by atoms with E-state index in [1.54, 1.807) is 28.5 Å². The number of benzene rings is 1. The van der Waals surface area contributed by atoms with E-state index in [2.05, 4.69) is 10.3 Å². The van der Waals surface area contributed by atoms with Gasteiger partial charge in [0, 0.05) is 24.3 Å². The maximum Gasteiger partial charge on any atom is 0.257 e. The van der Waals surface area contributed by atoms with Gasteiger partial charge in [0.15, 0.2) is 5.16 Å². The van der Waals surface area contributed by atoms with E-state index >= 15 is 0 Å². The Morgan fingerprint density at radius 1 is 1.32 bits per heavy atom. The zero-order valence-corrected chi connectivity index (χ0v) is 14.4. The molecule has 1 aromatic carbocycles. The molecule has 0 fully saturated rings. The number of fused-ring (bicyclic) bond motifs is 2. The van der Waals surface area contributed by atoms with Crippen molar-refractivity contribution in [3.8, 4) is 0 Å². The third-order valence-electron chi connectivity index (χ3n) is 4.70. The molecule has 2 heterocycles. The summed E-state index contributed by atoms with van der Waals surface area (Å²) in [5.41, 5.74) is 2.62. The highest BCUT2D eigenvalue weighted by molar-refractivity contribution is 7.99. The van der Waals surface area contributed by atoms with Crippen LogP contribution in [-0.2, 0) is 24.2 Å². The number of carbonyl (C=O) groups is 1. The lowest BCUT2D eigenvalue weighted by atomic mass is 10.2. The van der Waals surface area contributed by atoms with Gasteiger partial charge in [-0.2, -0.15) is 0 Å². The van der Waals surface area contributed by atoms with E-state index in [1.807, 2.05) is 0 Å². The summed E-state index contributed by atoms with van der Waals surface area (Å²) in [6, 6.07) is 5.88. The molecule has 2 aliphatic rings. The topological polar surface area (TPSA) is 64.0 Å². The highest BCUT2D eigenvalue weighted by Crippen LogP contribution is 2.33. The number of aromatic nitrogens is 2. The standard InChI is InChI=1S/C18H18FN3O2S/c19-12-6-4-11(5-7-12)9-20-16(23)8-13-10-25-18-21-15-3-1-2-14(15)17(24)22(13)18/h4-7,13H,1-3,8-10H2,(H,20,23). The quantitative estimate of drug-likeness (QED) is 0.851. The van der Waals surface area contributed by atoms with Crippen molar-refractivity contribution in [2.45, 2.75) is 43.4 Å². The zero-order valence-electron chi connectivity index (χ0n) is 13.6. The molecular formula is C18H18FN3O2S. The summed E-state index contributed by atoms with van der Waals surface area (Å²) in [5.74, 6) is 0.277. The van der Waals surface area contributed by atoms with Gasteiger partial charge in [-0.1, -0.05) is 23.9 Å². The minimum Gasteiger partial charge on any atom is -0.352 e. The molecule has 0 saturated heterocycles. The summed E-state index contributed by atoms with van der Waals surface area (Å²) in [5, 5.41) is 3.58. The maximum atomic E-state index is 12.9. The van der Waals surface area contributed by atoms with Crippen LogP contribution < -0.4 is 10.9 Å². The first-order valence-electron chi connectivity index (χ1n) is 8.40. The zero-order chi connectivity index (χ0) is 17.4. The molecule has 0 radical (unpaired) electrons. The monoisotopic (exact) mass is 359 g/mol. The van der Waals surface area contributed by atoms with Crippen molar-refractivity contribution in [3.63, 3.8) is 0 Å². The Balaban J connectivity index is 1.44. The number of rotatable bonds is 4. The molecule has 0 spiro atoms. The molecule has 1 aromatic heterocycles. The molecule has 25 heavy (non-hydrogen) atoms. The van der Waals surface area contributed by atoms with Gasteiger partial charge in [0.05, 0.1) is 11.7 Å². The minimum absolute atomic E-state index is 0.0267. The first kappa shape index (κ1) is 16.3. The lowest BCUT2D eigenvalue weighted by Crippen LogP contribution is -2.32. The first-order chi connectivity index (χ1) is 12.1. The second kappa shape index (κ2) is 6.63. The summed E-state index contributed by atoms with van der Waals surface area (Å²) in [6.45, 7) is 0.350. The Hall–Kier alpha value is -2.15. The molecule has 130 valence electrons. The van der Waals surface area contributed by atoms with E-state index < -0.39 is 0 Å². The summed E-state index contributed by atoms with van der Waals surface area (Å²) in [7, 11) is 0. The second-order valence-electron chi connectivity index (χ2n) is 6.42. The van der Waals surface area contributed by atoms with Gasteiger partial charge in [-0.15, -0.1) is 0 Å². The van der Waals surface area contributed by atoms with Crippen molar-refractivity contribution in [1.29, 1.82) is 0 Å². The van der Waals surface area contributed by atoms with E-state index in [1.165, 1.54) is 12.1 Å². The van der Waals surface area contributed by atoms with Crippen LogP contribution in [0.2, 0.25) is 0 Å². The Kier molecular flexibility index (Phi) is 4.33. The normalized spacial score (nSPS) is 18.0. The van der Waals surface area contributed by atoms with Crippen LogP contribution >= 0.6 is 11.8 Å². The van der Waals surface area contributed by atoms with Crippen molar-refractivity contribution < 1.29 is 9.18 Å².